The largest absolute Gasteiger partial charge is 1.00 e. The van der Waals surface area contributed by atoms with E-state index in [0.29, 0.717) is 0 Å². The molecule has 5 heteroatoms. The number of hydrogen-bond acceptors (Lipinski definition) is 2. The van der Waals surface area contributed by atoms with Crippen molar-refractivity contribution in [2.45, 2.75) is 12.8 Å². The second-order valence-corrected chi connectivity index (χ2v) is 5.71. The summed E-state index contributed by atoms with van der Waals surface area (Å²) in [6, 6.07) is 13.8. The van der Waals surface area contributed by atoms with Gasteiger partial charge in [0.05, 0.1) is 13.7 Å². The van der Waals surface area contributed by atoms with E-state index in [1.165, 1.54) is 5.56 Å². The molecule has 0 fully saturated rings. The van der Waals surface area contributed by atoms with Crippen LogP contribution >= 0.6 is 11.6 Å². The summed E-state index contributed by atoms with van der Waals surface area (Å²) in [6.45, 7) is 0.828. The molecule has 3 aromatic rings. The quantitative estimate of drug-likeness (QED) is 0.726. The van der Waals surface area contributed by atoms with Gasteiger partial charge in [-0.2, -0.15) is 0 Å². The van der Waals surface area contributed by atoms with E-state index in [4.69, 9.17) is 20.8 Å². The molecule has 3 N–H and O–H groups in total. The van der Waals surface area contributed by atoms with Crippen LogP contribution in [0.2, 0.25) is 5.02 Å². The zero-order valence-electron chi connectivity index (χ0n) is 12.9. The second-order valence-electron chi connectivity index (χ2n) is 5.28. The molecule has 2 aromatic carbocycles. The van der Waals surface area contributed by atoms with E-state index in [2.05, 4.69) is 11.8 Å². The number of fused-ring (bicyclic) bond motifs is 1. The van der Waals surface area contributed by atoms with E-state index in [1.54, 1.807) is 7.11 Å². The number of rotatable bonds is 5. The van der Waals surface area contributed by atoms with Gasteiger partial charge in [0.1, 0.15) is 17.1 Å². The Bertz CT molecular complexity index is 799. The maximum Gasteiger partial charge on any atom is 0.134 e. The minimum Gasteiger partial charge on any atom is -1.00 e. The number of methoxy groups -OCH3 is 1. The molecular formula is C18H19Cl2NO2. The molecule has 0 amide bonds. The average Bonchev–Trinajstić information content (AvgIpc) is 2.84. The number of hydrogen-bond donors (Lipinski definition) is 1. The van der Waals surface area contributed by atoms with Crippen molar-refractivity contribution in [3.05, 3.63) is 64.4 Å². The van der Waals surface area contributed by atoms with Gasteiger partial charge in [0.2, 0.25) is 0 Å². The van der Waals surface area contributed by atoms with Gasteiger partial charge in [-0.3, -0.25) is 0 Å². The molecule has 0 spiro atoms. The molecule has 0 aliphatic heterocycles. The molecule has 0 radical (unpaired) electrons. The van der Waals surface area contributed by atoms with Crippen molar-refractivity contribution in [2.24, 2.45) is 0 Å². The molecule has 1 aromatic heterocycles. The Labute approximate surface area is 146 Å². The van der Waals surface area contributed by atoms with E-state index in [-0.39, 0.29) is 12.4 Å². The summed E-state index contributed by atoms with van der Waals surface area (Å²) in [5.74, 6) is 1.82. The lowest BCUT2D eigenvalue weighted by molar-refractivity contribution is -0.366. The van der Waals surface area contributed by atoms with Gasteiger partial charge >= 0.3 is 0 Å². The third-order valence-electron chi connectivity index (χ3n) is 3.76. The zero-order valence-corrected chi connectivity index (χ0v) is 14.5. The van der Waals surface area contributed by atoms with Crippen molar-refractivity contribution in [2.75, 3.05) is 13.7 Å². The Balaban J connectivity index is 0.00000192. The summed E-state index contributed by atoms with van der Waals surface area (Å²) in [4.78, 5) is 0. The Morgan fingerprint density at radius 2 is 2.00 bits per heavy atom. The van der Waals surface area contributed by atoms with Crippen molar-refractivity contribution in [1.82, 2.24) is 0 Å². The van der Waals surface area contributed by atoms with Crippen LogP contribution in [-0.4, -0.2) is 13.7 Å². The van der Waals surface area contributed by atoms with Gasteiger partial charge < -0.3 is 27.3 Å². The fourth-order valence-corrected chi connectivity index (χ4v) is 2.94. The first kappa shape index (κ1) is 17.7. The summed E-state index contributed by atoms with van der Waals surface area (Å²) < 4.78 is 11.4. The highest BCUT2D eigenvalue weighted by Crippen LogP contribution is 2.31. The molecule has 3 nitrogen and oxygen atoms in total. The predicted molar refractivity (Wildman–Crippen MR) is 88.5 cm³/mol. The fourth-order valence-electron chi connectivity index (χ4n) is 2.73. The summed E-state index contributed by atoms with van der Waals surface area (Å²) in [7, 11) is 1.68. The lowest BCUT2D eigenvalue weighted by atomic mass is 10.0. The van der Waals surface area contributed by atoms with Crippen molar-refractivity contribution in [1.29, 1.82) is 0 Å². The average molecular weight is 352 g/mol. The summed E-state index contributed by atoms with van der Waals surface area (Å²) in [6.07, 6.45) is 1.61. The Morgan fingerprint density at radius 3 is 2.70 bits per heavy atom. The number of furan rings is 1. The summed E-state index contributed by atoms with van der Waals surface area (Å²) in [5.41, 5.74) is 7.22. The molecule has 1 heterocycles. The van der Waals surface area contributed by atoms with E-state index in [0.717, 1.165) is 52.5 Å². The van der Waals surface area contributed by atoms with Crippen molar-refractivity contribution >= 4 is 22.6 Å². The lowest BCUT2D eigenvalue weighted by Crippen LogP contribution is -3.00. The fraction of sp³-hybridized carbons (Fsp3) is 0.222. The maximum absolute atomic E-state index is 6.07. The van der Waals surface area contributed by atoms with Gasteiger partial charge in [0, 0.05) is 28.8 Å². The first-order chi connectivity index (χ1) is 10.7. The van der Waals surface area contributed by atoms with Crippen LogP contribution in [0.25, 0.3) is 11.0 Å². The zero-order chi connectivity index (χ0) is 15.5. The maximum atomic E-state index is 6.07. The first-order valence-electron chi connectivity index (χ1n) is 7.33. The van der Waals surface area contributed by atoms with Crippen LogP contribution in [0, 0.1) is 0 Å². The molecule has 0 saturated heterocycles. The van der Waals surface area contributed by atoms with Gasteiger partial charge in [-0.25, -0.2) is 0 Å². The monoisotopic (exact) mass is 351 g/mol. The topological polar surface area (TPSA) is 50.0 Å². The van der Waals surface area contributed by atoms with Gasteiger partial charge in [-0.1, -0.05) is 23.7 Å². The molecule has 3 rings (SSSR count). The van der Waals surface area contributed by atoms with Gasteiger partial charge in [-0.05, 0) is 35.9 Å². The Hall–Kier alpha value is -1.68. The molecule has 0 atom stereocenters. The molecular weight excluding hydrogens is 333 g/mol. The smallest absolute Gasteiger partial charge is 0.134 e. The van der Waals surface area contributed by atoms with E-state index in [9.17, 15) is 0 Å². The first-order valence-corrected chi connectivity index (χ1v) is 7.71. The Kier molecular flexibility index (Phi) is 5.94. The summed E-state index contributed by atoms with van der Waals surface area (Å²) >= 11 is 6.07. The van der Waals surface area contributed by atoms with Crippen LogP contribution in [0.1, 0.15) is 16.9 Å². The SMILES string of the molecule is COc1ccc2oc(Cc3cccc(Cl)c3)c(CC[NH3+])c2c1.[Cl-]. The minimum atomic E-state index is 0. The highest BCUT2D eigenvalue weighted by Gasteiger charge is 2.15. The predicted octanol–water partition coefficient (Wildman–Crippen LogP) is 0.474. The van der Waals surface area contributed by atoms with Crippen molar-refractivity contribution in [3.63, 3.8) is 0 Å². The van der Waals surface area contributed by atoms with Crippen LogP contribution < -0.4 is 22.9 Å². The third-order valence-corrected chi connectivity index (χ3v) is 4.00. The molecule has 122 valence electrons. The molecule has 0 aliphatic carbocycles. The number of quaternary nitrogens is 1. The van der Waals surface area contributed by atoms with Crippen LogP contribution in [0.3, 0.4) is 0 Å². The molecule has 0 bridgehead atoms. The number of halogens is 2. The van der Waals surface area contributed by atoms with Crippen LogP contribution in [0.5, 0.6) is 5.75 Å². The van der Waals surface area contributed by atoms with E-state index in [1.807, 2.05) is 36.4 Å². The number of ether oxygens (including phenoxy) is 1. The van der Waals surface area contributed by atoms with Crippen LogP contribution in [-0.2, 0) is 12.8 Å². The molecule has 0 aliphatic rings. The standard InChI is InChI=1S/C18H18ClNO2.ClH/c1-21-14-5-6-17-16(11-14)15(7-8-20)18(22-17)10-12-3-2-4-13(19)9-12;/h2-6,9,11H,7-8,10,20H2,1H3;1H. The van der Waals surface area contributed by atoms with E-state index >= 15 is 0 Å². The van der Waals surface area contributed by atoms with E-state index < -0.39 is 0 Å². The van der Waals surface area contributed by atoms with Crippen molar-refractivity contribution in [3.8, 4) is 5.75 Å². The molecule has 23 heavy (non-hydrogen) atoms. The van der Waals surface area contributed by atoms with Crippen LogP contribution in [0.15, 0.2) is 46.9 Å². The number of benzene rings is 2. The minimum absolute atomic E-state index is 0. The van der Waals surface area contributed by atoms with Crippen LogP contribution in [0.4, 0.5) is 0 Å². The lowest BCUT2D eigenvalue weighted by Gasteiger charge is -2.03. The van der Waals surface area contributed by atoms with Gasteiger partial charge in [0.15, 0.2) is 0 Å². The molecule has 0 unspecified atom stereocenters. The Morgan fingerprint density at radius 1 is 1.17 bits per heavy atom. The highest BCUT2D eigenvalue weighted by molar-refractivity contribution is 6.30. The molecule has 0 saturated carbocycles. The highest BCUT2D eigenvalue weighted by atomic mass is 35.5. The third kappa shape index (κ3) is 3.81. The summed E-state index contributed by atoms with van der Waals surface area (Å²) in [5, 5.41) is 1.86. The second kappa shape index (κ2) is 7.73. The van der Waals surface area contributed by atoms with Gasteiger partial charge in [0.25, 0.3) is 0 Å². The normalized spacial score (nSPS) is 10.6. The van der Waals surface area contributed by atoms with Gasteiger partial charge in [-0.15, -0.1) is 0 Å². The van der Waals surface area contributed by atoms with Crippen molar-refractivity contribution < 1.29 is 27.3 Å².